The number of nitro groups is 1. The van der Waals surface area contributed by atoms with Gasteiger partial charge in [-0.3, -0.25) is 10.1 Å². The van der Waals surface area contributed by atoms with E-state index in [2.05, 4.69) is 10.6 Å². The van der Waals surface area contributed by atoms with Crippen LogP contribution in [0.3, 0.4) is 0 Å². The highest BCUT2D eigenvalue weighted by Crippen LogP contribution is 2.40. The fourth-order valence-corrected chi connectivity index (χ4v) is 3.56. The number of esters is 2. The predicted octanol–water partition coefficient (Wildman–Crippen LogP) is 1.70. The zero-order chi connectivity index (χ0) is 27.8. The molecule has 0 spiro atoms. The number of nitrogens with zero attached hydrogens (tertiary/aromatic N) is 1. The molecule has 13 heteroatoms. The van der Waals surface area contributed by atoms with E-state index in [4.69, 9.17) is 29.3 Å². The smallest absolute Gasteiger partial charge is 0.414 e. The van der Waals surface area contributed by atoms with Crippen molar-refractivity contribution >= 4 is 29.6 Å². The van der Waals surface area contributed by atoms with E-state index < -0.39 is 40.3 Å². The average Bonchev–Trinajstić information content (AvgIpc) is 2.77. The summed E-state index contributed by atoms with van der Waals surface area (Å²) in [6, 6.07) is 5.86. The zero-order valence-electron chi connectivity index (χ0n) is 20.7. The van der Waals surface area contributed by atoms with Crippen LogP contribution >= 0.6 is 0 Å². The van der Waals surface area contributed by atoms with E-state index in [1.165, 1.54) is 25.3 Å². The number of carboxylic acid groups (broad SMARTS) is 2. The fraction of sp³-hybridized carbons (Fsp3) is 0.391. The van der Waals surface area contributed by atoms with Crippen LogP contribution in [-0.2, 0) is 28.7 Å². The fourth-order valence-electron chi connectivity index (χ4n) is 3.56. The highest BCUT2D eigenvalue weighted by atomic mass is 16.6. The van der Waals surface area contributed by atoms with Gasteiger partial charge in [-0.25, -0.2) is 19.2 Å². The van der Waals surface area contributed by atoms with Crippen molar-refractivity contribution in [3.63, 3.8) is 0 Å². The Morgan fingerprint density at radius 1 is 1.08 bits per heavy atom. The third-order valence-electron chi connectivity index (χ3n) is 4.95. The molecule has 0 saturated heterocycles. The van der Waals surface area contributed by atoms with Gasteiger partial charge in [0.2, 0.25) is 0 Å². The van der Waals surface area contributed by atoms with Gasteiger partial charge in [0.05, 0.1) is 29.1 Å². The zero-order valence-corrected chi connectivity index (χ0v) is 20.7. The molecule has 1 aromatic rings. The number of hydrogen-bond acceptors (Lipinski definition) is 10. The molecule has 196 valence electrons. The number of rotatable bonds is 7. The normalized spacial score (nSPS) is 15.2. The molecule has 1 unspecified atom stereocenters. The summed E-state index contributed by atoms with van der Waals surface area (Å²) in [7, 11) is 2.99. The summed E-state index contributed by atoms with van der Waals surface area (Å²) < 4.78 is 10.6. The van der Waals surface area contributed by atoms with Gasteiger partial charge >= 0.3 is 23.9 Å². The van der Waals surface area contributed by atoms with Gasteiger partial charge in [0, 0.05) is 30.1 Å². The van der Waals surface area contributed by atoms with E-state index in [0.29, 0.717) is 23.5 Å². The van der Waals surface area contributed by atoms with Crippen LogP contribution < -0.4 is 10.6 Å². The van der Waals surface area contributed by atoms with Crippen molar-refractivity contribution in [2.75, 3.05) is 20.7 Å². The molecule has 1 aliphatic rings. The Balaban J connectivity index is 0.000000960. The van der Waals surface area contributed by atoms with Crippen molar-refractivity contribution in [3.05, 3.63) is 62.5 Å². The number of hydrogen-bond donors (Lipinski definition) is 4. The first-order valence-electron chi connectivity index (χ1n) is 10.5. The number of aliphatic carboxylic acids is 2. The van der Waals surface area contributed by atoms with Crippen molar-refractivity contribution in [2.24, 2.45) is 0 Å². The molecular weight excluding hydrogens is 478 g/mol. The number of carboxylic acids is 2. The first kappa shape index (κ1) is 29.8. The summed E-state index contributed by atoms with van der Waals surface area (Å²) in [5.41, 5.74) is 0.863. The second kappa shape index (κ2) is 12.4. The van der Waals surface area contributed by atoms with Crippen molar-refractivity contribution in [3.8, 4) is 0 Å². The minimum absolute atomic E-state index is 0.145. The number of carbonyl (C=O) groups is 4. The summed E-state index contributed by atoms with van der Waals surface area (Å²) in [6.45, 7) is 7.33. The summed E-state index contributed by atoms with van der Waals surface area (Å²) in [5, 5.41) is 32.1. The van der Waals surface area contributed by atoms with Crippen molar-refractivity contribution < 1.29 is 43.8 Å². The van der Waals surface area contributed by atoms with Crippen molar-refractivity contribution in [1.29, 1.82) is 0 Å². The quantitative estimate of drug-likeness (QED) is 0.181. The Morgan fingerprint density at radius 3 is 2.06 bits per heavy atom. The molecule has 0 bridgehead atoms. The number of ether oxygens (including phenoxy) is 2. The Bertz CT molecular complexity index is 1110. The summed E-state index contributed by atoms with van der Waals surface area (Å²) in [6.07, 6.45) is 0. The average molecular weight is 507 g/mol. The van der Waals surface area contributed by atoms with Gasteiger partial charge in [0.25, 0.3) is 5.69 Å². The lowest BCUT2D eigenvalue weighted by molar-refractivity contribution is -0.384. The first-order chi connectivity index (χ1) is 16.7. The van der Waals surface area contributed by atoms with Gasteiger partial charge in [-0.15, -0.1) is 0 Å². The molecule has 0 fully saturated rings. The number of dihydropyridines is 1. The molecule has 1 aromatic carbocycles. The molecule has 2 rings (SSSR count). The van der Waals surface area contributed by atoms with E-state index in [1.807, 2.05) is 0 Å². The molecule has 0 amide bonds. The molecule has 36 heavy (non-hydrogen) atoms. The van der Waals surface area contributed by atoms with Crippen LogP contribution in [0.25, 0.3) is 0 Å². The Kier molecular flexibility index (Phi) is 10.3. The molecule has 0 radical (unpaired) electrons. The minimum atomic E-state index is -1.82. The van der Waals surface area contributed by atoms with Gasteiger partial charge in [-0.2, -0.15) is 0 Å². The van der Waals surface area contributed by atoms with Gasteiger partial charge in [0.1, 0.15) is 5.60 Å². The van der Waals surface area contributed by atoms with Crippen molar-refractivity contribution in [1.82, 2.24) is 10.6 Å². The van der Waals surface area contributed by atoms with Crippen LogP contribution in [0.4, 0.5) is 5.69 Å². The number of nitro benzene ring substituents is 1. The Hall–Kier alpha value is -4.26. The third-order valence-corrected chi connectivity index (χ3v) is 4.95. The van der Waals surface area contributed by atoms with Crippen LogP contribution in [0, 0.1) is 10.1 Å². The number of methoxy groups -OCH3 is 1. The maximum Gasteiger partial charge on any atom is 0.414 e. The number of nitrogens with one attached hydrogen (secondary N) is 2. The van der Waals surface area contributed by atoms with Crippen LogP contribution in [-0.4, -0.2) is 65.3 Å². The molecule has 4 N–H and O–H groups in total. The van der Waals surface area contributed by atoms with E-state index >= 15 is 0 Å². The van der Waals surface area contributed by atoms with Gasteiger partial charge in [-0.1, -0.05) is 12.1 Å². The van der Waals surface area contributed by atoms with Crippen LogP contribution in [0.2, 0.25) is 0 Å². The second-order valence-electron chi connectivity index (χ2n) is 8.27. The summed E-state index contributed by atoms with van der Waals surface area (Å²) in [4.78, 5) is 54.8. The van der Waals surface area contributed by atoms with Gasteiger partial charge < -0.3 is 30.3 Å². The van der Waals surface area contributed by atoms with E-state index in [0.717, 1.165) is 0 Å². The standard InChI is InChI=1S/C21H27N3O6.C2H2O4/c1-12-16(19(25)29-6)18(14-8-7-9-15(10-14)24(27)28)17(13(2)23-12)20(26)30-21(3,4)11-22-5;3-1(4)2(5)6/h7-10,18,22-23H,11H2,1-6H3;(H,3,4)(H,5,6). The van der Waals surface area contributed by atoms with E-state index in [9.17, 15) is 19.7 Å². The summed E-state index contributed by atoms with van der Waals surface area (Å²) >= 11 is 0. The lowest BCUT2D eigenvalue weighted by Gasteiger charge is -2.32. The lowest BCUT2D eigenvalue weighted by Crippen LogP contribution is -2.40. The largest absolute Gasteiger partial charge is 0.473 e. The highest BCUT2D eigenvalue weighted by molar-refractivity contribution is 6.27. The van der Waals surface area contributed by atoms with Crippen LogP contribution in [0.5, 0.6) is 0 Å². The van der Waals surface area contributed by atoms with Crippen molar-refractivity contribution in [2.45, 2.75) is 39.2 Å². The van der Waals surface area contributed by atoms with E-state index in [-0.39, 0.29) is 16.8 Å². The first-order valence-corrected chi connectivity index (χ1v) is 10.5. The number of non-ortho nitro benzene ring substituents is 1. The monoisotopic (exact) mass is 507 g/mol. The molecular formula is C23H29N3O10. The molecule has 0 aromatic heterocycles. The van der Waals surface area contributed by atoms with E-state index in [1.54, 1.807) is 40.8 Å². The topological polar surface area (TPSA) is 194 Å². The molecule has 1 atom stereocenters. The summed E-state index contributed by atoms with van der Waals surface area (Å²) in [5.74, 6) is -5.78. The predicted molar refractivity (Wildman–Crippen MR) is 126 cm³/mol. The highest BCUT2D eigenvalue weighted by Gasteiger charge is 2.39. The van der Waals surface area contributed by atoms with Crippen LogP contribution in [0.1, 0.15) is 39.2 Å². The SMILES string of the molecule is CNCC(C)(C)OC(=O)C1=C(C)NC(C)=C(C(=O)OC)C1c1cccc([N+](=O)[O-])c1.O=C(O)C(=O)O. The molecule has 1 heterocycles. The lowest BCUT2D eigenvalue weighted by atomic mass is 9.80. The molecule has 1 aliphatic heterocycles. The number of allylic oxidation sites excluding steroid dienone is 2. The molecule has 13 nitrogen and oxygen atoms in total. The molecule has 0 aliphatic carbocycles. The molecule has 0 saturated carbocycles. The van der Waals surface area contributed by atoms with Gasteiger partial charge in [0.15, 0.2) is 0 Å². The third kappa shape index (κ3) is 7.63. The Labute approximate surface area is 206 Å². The van der Waals surface area contributed by atoms with Crippen LogP contribution in [0.15, 0.2) is 46.8 Å². The number of benzene rings is 1. The number of carbonyl (C=O) groups excluding carboxylic acids is 2. The Morgan fingerprint density at radius 2 is 1.61 bits per heavy atom. The second-order valence-corrected chi connectivity index (χ2v) is 8.27. The minimum Gasteiger partial charge on any atom is -0.473 e. The maximum atomic E-state index is 13.2. The maximum absolute atomic E-state index is 13.2. The number of likely N-dealkylation sites (N-methyl/N-ethyl adjacent to an activating group) is 1. The van der Waals surface area contributed by atoms with Gasteiger partial charge in [-0.05, 0) is 40.3 Å².